The first-order chi connectivity index (χ1) is 9.17. The third kappa shape index (κ3) is 1.84. The topological polar surface area (TPSA) is 38.9 Å². The molecule has 2 heteroatoms. The van der Waals surface area contributed by atoms with Crippen LogP contribution in [0.25, 0.3) is 0 Å². The van der Waals surface area contributed by atoms with Crippen LogP contribution in [0.15, 0.2) is 12.1 Å². The number of rotatable bonds is 2. The van der Waals surface area contributed by atoms with Gasteiger partial charge in [-0.05, 0) is 80.9 Å². The van der Waals surface area contributed by atoms with Crippen molar-refractivity contribution >= 4 is 0 Å². The molecule has 0 amide bonds. The zero-order valence-electron chi connectivity index (χ0n) is 11.9. The Morgan fingerprint density at radius 3 is 2.21 bits per heavy atom. The molecule has 0 aromatic carbocycles. The molecule has 0 atom stereocenters. The number of pyridine rings is 1. The summed E-state index contributed by atoms with van der Waals surface area (Å²) in [5, 5.41) is 0. The minimum atomic E-state index is 0.407. The molecule has 0 aliphatic heterocycles. The lowest BCUT2D eigenvalue weighted by molar-refractivity contribution is -0.00729. The first kappa shape index (κ1) is 11.9. The molecule has 4 aliphatic rings. The number of aromatic nitrogens is 1. The van der Waals surface area contributed by atoms with Gasteiger partial charge in [-0.15, -0.1) is 0 Å². The zero-order chi connectivity index (χ0) is 13.0. The smallest absolute Gasteiger partial charge is 0.0472 e. The Labute approximate surface area is 115 Å². The van der Waals surface area contributed by atoms with Gasteiger partial charge < -0.3 is 5.73 Å². The molecule has 1 heterocycles. The second kappa shape index (κ2) is 4.05. The van der Waals surface area contributed by atoms with Crippen molar-refractivity contribution in [2.45, 2.75) is 57.4 Å². The van der Waals surface area contributed by atoms with Crippen molar-refractivity contribution in [1.82, 2.24) is 4.98 Å². The molecule has 1 aromatic heterocycles. The van der Waals surface area contributed by atoms with Gasteiger partial charge in [0.2, 0.25) is 0 Å². The normalized spacial score (nSPS) is 39.8. The summed E-state index contributed by atoms with van der Waals surface area (Å²) in [7, 11) is 0. The summed E-state index contributed by atoms with van der Waals surface area (Å²) < 4.78 is 0. The molecule has 0 spiro atoms. The van der Waals surface area contributed by atoms with E-state index >= 15 is 0 Å². The maximum absolute atomic E-state index is 5.85. The van der Waals surface area contributed by atoms with Crippen molar-refractivity contribution in [2.24, 2.45) is 23.5 Å². The van der Waals surface area contributed by atoms with Gasteiger partial charge >= 0.3 is 0 Å². The van der Waals surface area contributed by atoms with Crippen LogP contribution in [0.3, 0.4) is 0 Å². The van der Waals surface area contributed by atoms with E-state index in [0.29, 0.717) is 12.0 Å². The highest BCUT2D eigenvalue weighted by molar-refractivity contribution is 5.29. The minimum Gasteiger partial charge on any atom is -0.326 e. The Morgan fingerprint density at radius 2 is 1.68 bits per heavy atom. The lowest BCUT2D eigenvalue weighted by Gasteiger charge is -2.56. The summed E-state index contributed by atoms with van der Waals surface area (Å²) >= 11 is 0. The molecular weight excluding hydrogens is 232 g/mol. The average Bonchev–Trinajstić information content (AvgIpc) is 2.36. The Balaban J connectivity index is 1.77. The maximum atomic E-state index is 5.85. The predicted octanol–water partition coefficient (Wildman–Crippen LogP) is 3.32. The predicted molar refractivity (Wildman–Crippen MR) is 76.7 cm³/mol. The quantitative estimate of drug-likeness (QED) is 0.881. The second-order valence-electron chi connectivity index (χ2n) is 7.40. The fourth-order valence-corrected chi connectivity index (χ4v) is 5.55. The van der Waals surface area contributed by atoms with E-state index in [1.165, 1.54) is 49.8 Å². The highest BCUT2D eigenvalue weighted by atomic mass is 14.8. The van der Waals surface area contributed by atoms with Gasteiger partial charge in [0.1, 0.15) is 0 Å². The number of hydrogen-bond acceptors (Lipinski definition) is 2. The Morgan fingerprint density at radius 1 is 1.11 bits per heavy atom. The molecule has 4 bridgehead atoms. The summed E-state index contributed by atoms with van der Waals surface area (Å²) in [5.41, 5.74) is 10.0. The number of aryl methyl sites for hydroxylation is 1. The third-order valence-corrected chi connectivity index (χ3v) is 5.83. The average molecular weight is 256 g/mol. The molecule has 102 valence electrons. The van der Waals surface area contributed by atoms with Crippen molar-refractivity contribution in [1.29, 1.82) is 0 Å². The van der Waals surface area contributed by atoms with E-state index in [9.17, 15) is 0 Å². The maximum Gasteiger partial charge on any atom is 0.0472 e. The molecule has 4 saturated carbocycles. The van der Waals surface area contributed by atoms with Gasteiger partial charge in [0.15, 0.2) is 0 Å². The van der Waals surface area contributed by atoms with Crippen molar-refractivity contribution < 1.29 is 0 Å². The molecule has 4 aliphatic carbocycles. The molecule has 5 rings (SSSR count). The Kier molecular flexibility index (Phi) is 2.54. The van der Waals surface area contributed by atoms with Crippen LogP contribution in [0.5, 0.6) is 0 Å². The van der Waals surface area contributed by atoms with E-state index in [1.807, 2.05) is 0 Å². The van der Waals surface area contributed by atoms with Crippen LogP contribution in [0.4, 0.5) is 0 Å². The van der Waals surface area contributed by atoms with Crippen LogP contribution < -0.4 is 5.73 Å². The van der Waals surface area contributed by atoms with Gasteiger partial charge in [-0.2, -0.15) is 0 Å². The van der Waals surface area contributed by atoms with E-state index in [4.69, 9.17) is 10.7 Å². The molecule has 1 aromatic rings. The molecule has 2 nitrogen and oxygen atoms in total. The van der Waals surface area contributed by atoms with Gasteiger partial charge in [0.25, 0.3) is 0 Å². The summed E-state index contributed by atoms with van der Waals surface area (Å²) in [6.45, 7) is 2.76. The lowest BCUT2D eigenvalue weighted by Crippen LogP contribution is -2.49. The Hall–Kier alpha value is -0.890. The van der Waals surface area contributed by atoms with Crippen molar-refractivity contribution in [3.63, 3.8) is 0 Å². The highest BCUT2D eigenvalue weighted by Crippen LogP contribution is 2.60. The second-order valence-corrected chi connectivity index (χ2v) is 7.40. The van der Waals surface area contributed by atoms with Gasteiger partial charge in [-0.1, -0.05) is 0 Å². The molecular formula is C17H24N2. The first-order valence-corrected chi connectivity index (χ1v) is 7.85. The van der Waals surface area contributed by atoms with Crippen molar-refractivity contribution in [3.8, 4) is 0 Å². The number of hydrogen-bond donors (Lipinski definition) is 1. The van der Waals surface area contributed by atoms with E-state index in [1.54, 1.807) is 0 Å². The lowest BCUT2D eigenvalue weighted by atomic mass is 9.48. The zero-order valence-corrected chi connectivity index (χ0v) is 11.9. The van der Waals surface area contributed by atoms with Gasteiger partial charge in [-0.25, -0.2) is 0 Å². The van der Waals surface area contributed by atoms with Crippen molar-refractivity contribution in [3.05, 3.63) is 29.1 Å². The van der Waals surface area contributed by atoms with Gasteiger partial charge in [0, 0.05) is 23.3 Å². The van der Waals surface area contributed by atoms with Crippen LogP contribution >= 0.6 is 0 Å². The molecule has 4 fully saturated rings. The molecule has 0 unspecified atom stereocenters. The first-order valence-electron chi connectivity index (χ1n) is 7.85. The molecule has 0 saturated heterocycles. The monoisotopic (exact) mass is 256 g/mol. The number of nitrogens with zero attached hydrogens (tertiary/aromatic N) is 1. The molecule has 2 N–H and O–H groups in total. The summed E-state index contributed by atoms with van der Waals surface area (Å²) in [6.07, 6.45) is 8.65. The van der Waals surface area contributed by atoms with Crippen LogP contribution in [0.2, 0.25) is 0 Å². The third-order valence-electron chi connectivity index (χ3n) is 5.83. The highest BCUT2D eigenvalue weighted by Gasteiger charge is 2.52. The largest absolute Gasteiger partial charge is 0.326 e. The molecule has 0 radical (unpaired) electrons. The molecule has 19 heavy (non-hydrogen) atoms. The summed E-state index contributed by atoms with van der Waals surface area (Å²) in [6, 6.07) is 4.45. The van der Waals surface area contributed by atoms with Crippen LogP contribution in [0, 0.1) is 24.7 Å². The SMILES string of the molecule is Cc1cc(CN)cc(C23CC4CC(CC(C4)C2)C3)n1. The minimum absolute atomic E-state index is 0.407. The van der Waals surface area contributed by atoms with Gasteiger partial charge in [0.05, 0.1) is 0 Å². The van der Waals surface area contributed by atoms with E-state index in [-0.39, 0.29) is 0 Å². The van der Waals surface area contributed by atoms with E-state index in [2.05, 4.69) is 19.1 Å². The van der Waals surface area contributed by atoms with E-state index in [0.717, 1.165) is 23.4 Å². The number of nitrogens with two attached hydrogens (primary N) is 1. The standard InChI is InChI=1S/C17H24N2/c1-11-2-15(10-18)6-16(19-11)17-7-12-3-13(8-17)5-14(4-12)9-17/h2,6,12-14H,3-5,7-10,18H2,1H3. The van der Waals surface area contributed by atoms with Crippen LogP contribution in [-0.2, 0) is 12.0 Å². The Bertz CT molecular complexity index is 471. The summed E-state index contributed by atoms with van der Waals surface area (Å²) in [4.78, 5) is 4.92. The fourth-order valence-electron chi connectivity index (χ4n) is 5.55. The van der Waals surface area contributed by atoms with Crippen LogP contribution in [-0.4, -0.2) is 4.98 Å². The van der Waals surface area contributed by atoms with E-state index < -0.39 is 0 Å². The van der Waals surface area contributed by atoms with Crippen LogP contribution in [0.1, 0.15) is 55.5 Å². The van der Waals surface area contributed by atoms with Crippen molar-refractivity contribution in [2.75, 3.05) is 0 Å². The summed E-state index contributed by atoms with van der Waals surface area (Å²) in [5.74, 6) is 2.94. The van der Waals surface area contributed by atoms with Gasteiger partial charge in [-0.3, -0.25) is 4.98 Å². The fraction of sp³-hybridized carbons (Fsp3) is 0.706.